The highest BCUT2D eigenvalue weighted by Crippen LogP contribution is 2.23. The Morgan fingerprint density at radius 1 is 1.30 bits per heavy atom. The summed E-state index contributed by atoms with van der Waals surface area (Å²) in [4.78, 5) is 24.3. The first-order valence-electron chi connectivity index (χ1n) is 6.84. The van der Waals surface area contributed by atoms with E-state index in [1.807, 2.05) is 6.07 Å². The molecule has 126 valence electrons. The molecule has 0 unspecified atom stereocenters. The molecule has 0 spiro atoms. The molecular weight excluding hydrogens is 326 g/mol. The van der Waals surface area contributed by atoms with E-state index in [-0.39, 0.29) is 19.6 Å². The molecule has 1 aliphatic rings. The van der Waals surface area contributed by atoms with Crippen LogP contribution in [0.2, 0.25) is 0 Å². The molecule has 1 N–H and O–H groups in total. The molecule has 1 saturated heterocycles. The number of rotatable bonds is 5. The SMILES string of the molecule is CS(=O)(=O)O[C@@H]1C[C@H](C(=O)O)N(C(=O)OCc2ccccc2)C1. The normalized spacial score (nSPS) is 21.2. The van der Waals surface area contributed by atoms with Crippen LogP contribution in [-0.4, -0.2) is 55.4 Å². The van der Waals surface area contributed by atoms with Crippen molar-refractivity contribution in [2.75, 3.05) is 12.8 Å². The minimum Gasteiger partial charge on any atom is -0.480 e. The summed E-state index contributed by atoms with van der Waals surface area (Å²) in [5.41, 5.74) is 0.760. The number of likely N-dealkylation sites (tertiary alicyclic amines) is 1. The molecule has 23 heavy (non-hydrogen) atoms. The lowest BCUT2D eigenvalue weighted by molar-refractivity contribution is -0.141. The number of nitrogens with zero attached hydrogens (tertiary/aromatic N) is 1. The maximum absolute atomic E-state index is 12.1. The Morgan fingerprint density at radius 2 is 1.96 bits per heavy atom. The van der Waals surface area contributed by atoms with Crippen molar-refractivity contribution >= 4 is 22.2 Å². The first kappa shape index (κ1) is 17.2. The maximum atomic E-state index is 12.1. The molecule has 0 bridgehead atoms. The van der Waals surface area contributed by atoms with Crippen molar-refractivity contribution in [3.8, 4) is 0 Å². The van der Waals surface area contributed by atoms with Gasteiger partial charge in [-0.25, -0.2) is 9.59 Å². The first-order valence-corrected chi connectivity index (χ1v) is 8.66. The quantitative estimate of drug-likeness (QED) is 0.788. The Kier molecular flexibility index (Phi) is 5.22. The second-order valence-corrected chi connectivity index (χ2v) is 6.81. The van der Waals surface area contributed by atoms with Gasteiger partial charge in [-0.1, -0.05) is 30.3 Å². The molecule has 0 aliphatic carbocycles. The topological polar surface area (TPSA) is 110 Å². The highest BCUT2D eigenvalue weighted by atomic mass is 32.2. The monoisotopic (exact) mass is 343 g/mol. The van der Waals surface area contributed by atoms with Crippen LogP contribution in [0.25, 0.3) is 0 Å². The third kappa shape index (κ3) is 4.93. The van der Waals surface area contributed by atoms with Gasteiger partial charge in [0, 0.05) is 6.42 Å². The van der Waals surface area contributed by atoms with Gasteiger partial charge in [-0.05, 0) is 5.56 Å². The van der Waals surface area contributed by atoms with Crippen LogP contribution >= 0.6 is 0 Å². The van der Waals surface area contributed by atoms with Crippen LogP contribution in [0.3, 0.4) is 0 Å². The molecule has 1 aromatic carbocycles. The van der Waals surface area contributed by atoms with Crippen LogP contribution in [0.5, 0.6) is 0 Å². The Morgan fingerprint density at radius 3 is 2.52 bits per heavy atom. The zero-order valence-corrected chi connectivity index (χ0v) is 13.2. The summed E-state index contributed by atoms with van der Waals surface area (Å²) >= 11 is 0. The number of hydrogen-bond acceptors (Lipinski definition) is 6. The van der Waals surface area contributed by atoms with E-state index in [0.29, 0.717) is 0 Å². The lowest BCUT2D eigenvalue weighted by Gasteiger charge is -2.20. The maximum Gasteiger partial charge on any atom is 0.410 e. The fraction of sp³-hybridized carbons (Fsp3) is 0.429. The summed E-state index contributed by atoms with van der Waals surface area (Å²) in [6.07, 6.45) is -0.946. The summed E-state index contributed by atoms with van der Waals surface area (Å²) in [6, 6.07) is 7.75. The average molecular weight is 343 g/mol. The van der Waals surface area contributed by atoms with Gasteiger partial charge in [-0.3, -0.25) is 9.08 Å². The number of carbonyl (C=O) groups excluding carboxylic acids is 1. The summed E-state index contributed by atoms with van der Waals surface area (Å²) in [5.74, 6) is -1.23. The summed E-state index contributed by atoms with van der Waals surface area (Å²) in [7, 11) is -3.73. The Hall–Kier alpha value is -2.13. The fourth-order valence-corrected chi connectivity index (χ4v) is 2.99. The van der Waals surface area contributed by atoms with Crippen molar-refractivity contribution in [2.24, 2.45) is 0 Å². The molecule has 1 fully saturated rings. The molecule has 1 amide bonds. The molecule has 8 nitrogen and oxygen atoms in total. The Labute approximate surface area is 133 Å². The van der Waals surface area contributed by atoms with Crippen LogP contribution < -0.4 is 0 Å². The van der Waals surface area contributed by atoms with E-state index < -0.39 is 34.3 Å². The number of aliphatic carboxylic acids is 1. The zero-order chi connectivity index (χ0) is 17.0. The zero-order valence-electron chi connectivity index (χ0n) is 12.4. The molecular formula is C14H17NO7S. The first-order chi connectivity index (χ1) is 10.8. The summed E-state index contributed by atoms with van der Waals surface area (Å²) in [6.45, 7) is -0.155. The van der Waals surface area contributed by atoms with Crippen molar-refractivity contribution in [3.05, 3.63) is 35.9 Å². The minimum absolute atomic E-state index is 0.000112. The highest BCUT2D eigenvalue weighted by molar-refractivity contribution is 7.86. The molecule has 1 heterocycles. The van der Waals surface area contributed by atoms with Gasteiger partial charge in [0.05, 0.1) is 18.9 Å². The lowest BCUT2D eigenvalue weighted by Crippen LogP contribution is -2.40. The largest absolute Gasteiger partial charge is 0.480 e. The predicted octanol–water partition coefficient (Wildman–Crippen LogP) is 0.827. The van der Waals surface area contributed by atoms with E-state index in [9.17, 15) is 23.1 Å². The van der Waals surface area contributed by atoms with Gasteiger partial charge in [-0.2, -0.15) is 8.42 Å². The van der Waals surface area contributed by atoms with Gasteiger partial charge in [-0.15, -0.1) is 0 Å². The van der Waals surface area contributed by atoms with Crippen LogP contribution in [0.1, 0.15) is 12.0 Å². The molecule has 0 aromatic heterocycles. The predicted molar refractivity (Wildman–Crippen MR) is 79.1 cm³/mol. The third-order valence-electron chi connectivity index (χ3n) is 3.30. The van der Waals surface area contributed by atoms with Crippen molar-refractivity contribution in [3.63, 3.8) is 0 Å². The number of carbonyl (C=O) groups is 2. The van der Waals surface area contributed by atoms with Gasteiger partial charge in [0.25, 0.3) is 10.1 Å². The number of carboxylic acids is 1. The third-order valence-corrected chi connectivity index (χ3v) is 3.92. The molecule has 1 aromatic rings. The van der Waals surface area contributed by atoms with Gasteiger partial charge < -0.3 is 9.84 Å². The molecule has 0 radical (unpaired) electrons. The number of hydrogen-bond donors (Lipinski definition) is 1. The number of carboxylic acid groups (broad SMARTS) is 1. The number of amides is 1. The van der Waals surface area contributed by atoms with Gasteiger partial charge in [0.2, 0.25) is 0 Å². The van der Waals surface area contributed by atoms with E-state index in [2.05, 4.69) is 0 Å². The summed E-state index contributed by atoms with van der Waals surface area (Å²) in [5, 5.41) is 9.18. The van der Waals surface area contributed by atoms with Crippen molar-refractivity contribution in [2.45, 2.75) is 25.2 Å². The van der Waals surface area contributed by atoms with Crippen LogP contribution in [0.15, 0.2) is 30.3 Å². The van der Waals surface area contributed by atoms with E-state index in [4.69, 9.17) is 8.92 Å². The lowest BCUT2D eigenvalue weighted by atomic mass is 10.2. The Balaban J connectivity index is 2.00. The van der Waals surface area contributed by atoms with Crippen molar-refractivity contribution in [1.29, 1.82) is 0 Å². The van der Waals surface area contributed by atoms with Crippen LogP contribution in [-0.2, 0) is 30.4 Å². The number of benzene rings is 1. The average Bonchev–Trinajstić information content (AvgIpc) is 2.88. The van der Waals surface area contributed by atoms with E-state index >= 15 is 0 Å². The standard InChI is InChI=1S/C14H17NO7S/c1-23(19,20)22-11-7-12(13(16)17)15(8-11)14(18)21-9-10-5-3-2-4-6-10/h2-6,11-12H,7-9H2,1H3,(H,16,17)/t11-,12-/m1/s1. The second kappa shape index (κ2) is 6.97. The van der Waals surface area contributed by atoms with Crippen molar-refractivity contribution < 1.29 is 32.0 Å². The van der Waals surface area contributed by atoms with E-state index in [1.54, 1.807) is 24.3 Å². The summed E-state index contributed by atoms with van der Waals surface area (Å²) < 4.78 is 32.2. The van der Waals surface area contributed by atoms with E-state index in [1.165, 1.54) is 0 Å². The second-order valence-electron chi connectivity index (χ2n) is 5.20. The van der Waals surface area contributed by atoms with Crippen LogP contribution in [0, 0.1) is 0 Å². The molecule has 9 heteroatoms. The number of ether oxygens (including phenoxy) is 1. The van der Waals surface area contributed by atoms with E-state index in [0.717, 1.165) is 16.7 Å². The molecule has 2 atom stereocenters. The van der Waals surface area contributed by atoms with Gasteiger partial charge in [0.1, 0.15) is 12.6 Å². The molecule has 0 saturated carbocycles. The van der Waals surface area contributed by atoms with Crippen LogP contribution in [0.4, 0.5) is 4.79 Å². The smallest absolute Gasteiger partial charge is 0.410 e. The Bertz CT molecular complexity index is 674. The van der Waals surface area contributed by atoms with Gasteiger partial charge in [0.15, 0.2) is 0 Å². The minimum atomic E-state index is -3.73. The fourth-order valence-electron chi connectivity index (χ4n) is 2.35. The van der Waals surface area contributed by atoms with Gasteiger partial charge >= 0.3 is 12.1 Å². The highest BCUT2D eigenvalue weighted by Gasteiger charge is 2.42. The molecule has 1 aliphatic heterocycles. The molecule has 2 rings (SSSR count). The van der Waals surface area contributed by atoms with Crippen molar-refractivity contribution in [1.82, 2.24) is 4.90 Å².